The predicted molar refractivity (Wildman–Crippen MR) is 113 cm³/mol. The van der Waals surface area contributed by atoms with Crippen LogP contribution in [0.25, 0.3) is 0 Å². The van der Waals surface area contributed by atoms with Crippen molar-refractivity contribution < 1.29 is 9.90 Å². The molecule has 0 aromatic carbocycles. The lowest BCUT2D eigenvalue weighted by Gasteiger charge is -2.08. The lowest BCUT2D eigenvalue weighted by molar-refractivity contribution is -0.141. The molecule has 0 rings (SSSR count). The van der Waals surface area contributed by atoms with Gasteiger partial charge in [-0.3, -0.25) is 4.79 Å². The maximum absolute atomic E-state index is 11.0. The normalized spacial score (nSPS) is 13.2. The topological polar surface area (TPSA) is 37.3 Å². The Labute approximate surface area is 160 Å². The first-order valence-corrected chi connectivity index (χ1v) is 10.3. The molecular formula is C22H36O2S. The van der Waals surface area contributed by atoms with Crippen LogP contribution in [0.4, 0.5) is 0 Å². The molecule has 2 nitrogen and oxygen atoms in total. The highest BCUT2D eigenvalue weighted by Gasteiger charge is 2.14. The fraction of sp³-hybridized carbons (Fsp3) is 0.636. The van der Waals surface area contributed by atoms with E-state index in [-0.39, 0.29) is 5.92 Å². The highest BCUT2D eigenvalue weighted by molar-refractivity contribution is 7.78. The van der Waals surface area contributed by atoms with Crippen LogP contribution >= 0.6 is 12.2 Å². The Kier molecular flexibility index (Phi) is 18.2. The van der Waals surface area contributed by atoms with Crippen LogP contribution in [0.2, 0.25) is 0 Å². The summed E-state index contributed by atoms with van der Waals surface area (Å²) in [5, 5.41) is 10.6. The fourth-order valence-corrected chi connectivity index (χ4v) is 2.88. The minimum Gasteiger partial charge on any atom is -0.481 e. The van der Waals surface area contributed by atoms with E-state index in [1.807, 2.05) is 0 Å². The molecule has 0 heterocycles. The van der Waals surface area contributed by atoms with Gasteiger partial charge in [-0.15, -0.1) is 0 Å². The van der Waals surface area contributed by atoms with Crippen molar-refractivity contribution in [3.8, 4) is 0 Å². The van der Waals surface area contributed by atoms with Crippen molar-refractivity contribution in [3.05, 3.63) is 36.5 Å². The summed E-state index contributed by atoms with van der Waals surface area (Å²) < 4.78 is 0. The Morgan fingerprint density at radius 1 is 0.880 bits per heavy atom. The molecule has 0 aromatic rings. The second-order valence-corrected chi connectivity index (χ2v) is 6.76. The van der Waals surface area contributed by atoms with Crippen LogP contribution in [0.5, 0.6) is 0 Å². The summed E-state index contributed by atoms with van der Waals surface area (Å²) in [6.45, 7) is 2.15. The predicted octanol–water partition coefficient (Wildman–Crippen LogP) is 7.06. The molecule has 3 heteroatoms. The number of unbranched alkanes of at least 4 members (excludes halogenated alkanes) is 6. The molecule has 0 saturated heterocycles. The van der Waals surface area contributed by atoms with E-state index in [0.717, 1.165) is 38.5 Å². The van der Waals surface area contributed by atoms with Crippen LogP contribution in [0.1, 0.15) is 84.0 Å². The van der Waals surface area contributed by atoms with Gasteiger partial charge in [0.25, 0.3) is 0 Å². The van der Waals surface area contributed by atoms with Gasteiger partial charge in [0.15, 0.2) is 0 Å². The van der Waals surface area contributed by atoms with E-state index in [1.54, 1.807) is 5.37 Å². The van der Waals surface area contributed by atoms with Crippen molar-refractivity contribution in [2.24, 2.45) is 5.92 Å². The zero-order valence-electron chi connectivity index (χ0n) is 15.9. The van der Waals surface area contributed by atoms with Crippen LogP contribution < -0.4 is 0 Å². The van der Waals surface area contributed by atoms with Crippen LogP contribution in [0, 0.1) is 5.92 Å². The third-order valence-electron chi connectivity index (χ3n) is 4.18. The standard InChI is InChI=1S/C22H36O2S/c1-2-3-4-5-6-7-8-9-10-11-12-13-14-15-16-17-18-21(19-20-25)22(23)24/h3-4,6-7,9-10,20-21H,2,5,8,11-19H2,1H3,(H,23,24)/b4-3-,7-6-,10-9-. The van der Waals surface area contributed by atoms with Crippen LogP contribution in [-0.4, -0.2) is 16.4 Å². The molecule has 0 amide bonds. The maximum Gasteiger partial charge on any atom is 0.306 e. The monoisotopic (exact) mass is 364 g/mol. The molecule has 25 heavy (non-hydrogen) atoms. The Hall–Kier alpha value is -1.22. The van der Waals surface area contributed by atoms with Crippen LogP contribution in [0.15, 0.2) is 36.5 Å². The maximum atomic E-state index is 11.0. The van der Waals surface area contributed by atoms with E-state index >= 15 is 0 Å². The Morgan fingerprint density at radius 2 is 1.44 bits per heavy atom. The molecule has 142 valence electrons. The molecule has 1 N–H and O–H groups in total. The number of carboxylic acid groups (broad SMARTS) is 1. The first-order valence-electron chi connectivity index (χ1n) is 9.83. The van der Waals surface area contributed by atoms with E-state index in [2.05, 4.69) is 43.4 Å². The van der Waals surface area contributed by atoms with E-state index in [9.17, 15) is 4.79 Å². The first-order chi connectivity index (χ1) is 12.2. The summed E-state index contributed by atoms with van der Waals surface area (Å²) in [4.78, 5) is 11.0. The molecule has 0 fully saturated rings. The Balaban J connectivity index is 3.41. The lowest BCUT2D eigenvalue weighted by Crippen LogP contribution is -2.13. The fourth-order valence-electron chi connectivity index (χ4n) is 2.64. The summed E-state index contributed by atoms with van der Waals surface area (Å²) >= 11 is 4.76. The largest absolute Gasteiger partial charge is 0.481 e. The third-order valence-corrected chi connectivity index (χ3v) is 4.38. The average molecular weight is 365 g/mol. The molecule has 0 spiro atoms. The number of allylic oxidation sites excluding steroid dienone is 6. The molecule has 0 aliphatic heterocycles. The quantitative estimate of drug-likeness (QED) is 0.170. The van der Waals surface area contributed by atoms with Crippen molar-refractivity contribution >= 4 is 23.6 Å². The van der Waals surface area contributed by atoms with Crippen molar-refractivity contribution in [1.29, 1.82) is 0 Å². The first kappa shape index (κ1) is 23.8. The zero-order chi connectivity index (χ0) is 18.6. The van der Waals surface area contributed by atoms with Crippen LogP contribution in [-0.2, 0) is 4.79 Å². The zero-order valence-corrected chi connectivity index (χ0v) is 16.7. The smallest absolute Gasteiger partial charge is 0.306 e. The van der Waals surface area contributed by atoms with E-state index in [1.165, 1.54) is 32.1 Å². The van der Waals surface area contributed by atoms with Gasteiger partial charge in [-0.25, -0.2) is 0 Å². The minimum atomic E-state index is -0.708. The summed E-state index contributed by atoms with van der Waals surface area (Å²) in [6, 6.07) is 0. The second kappa shape index (κ2) is 19.1. The van der Waals surface area contributed by atoms with Crippen molar-refractivity contribution in [2.45, 2.75) is 84.0 Å². The number of thiocarbonyl (C=S) groups is 1. The molecule has 0 bridgehead atoms. The SMILES string of the molecule is CC/C=C\C/C=C\C/C=C\CCCCCCCCC(CC=S)C(=O)O. The summed E-state index contributed by atoms with van der Waals surface area (Å²) in [5.74, 6) is -0.987. The number of carbonyl (C=O) groups is 1. The van der Waals surface area contributed by atoms with Gasteiger partial charge in [0.2, 0.25) is 0 Å². The third kappa shape index (κ3) is 17.4. The van der Waals surface area contributed by atoms with Gasteiger partial charge in [0.05, 0.1) is 5.92 Å². The number of hydrogen-bond donors (Lipinski definition) is 1. The van der Waals surface area contributed by atoms with Crippen LogP contribution in [0.3, 0.4) is 0 Å². The minimum absolute atomic E-state index is 0.278. The van der Waals surface area contributed by atoms with Gasteiger partial charge in [0, 0.05) is 0 Å². The highest BCUT2D eigenvalue weighted by atomic mass is 32.1. The molecule has 0 aliphatic rings. The van der Waals surface area contributed by atoms with Gasteiger partial charge < -0.3 is 5.11 Å². The van der Waals surface area contributed by atoms with Crippen molar-refractivity contribution in [1.82, 2.24) is 0 Å². The molecule has 0 aromatic heterocycles. The molecule has 1 atom stereocenters. The number of hydrogen-bond acceptors (Lipinski definition) is 2. The van der Waals surface area contributed by atoms with Gasteiger partial charge in [0.1, 0.15) is 0 Å². The summed E-state index contributed by atoms with van der Waals surface area (Å²) in [6.07, 6.45) is 26.1. The summed E-state index contributed by atoms with van der Waals surface area (Å²) in [5.41, 5.74) is 0. The van der Waals surface area contributed by atoms with Gasteiger partial charge in [-0.05, 0) is 50.3 Å². The Bertz CT molecular complexity index is 410. The molecule has 1 unspecified atom stereocenters. The molecule has 0 radical (unpaired) electrons. The van der Waals surface area contributed by atoms with Gasteiger partial charge >= 0.3 is 5.97 Å². The second-order valence-electron chi connectivity index (χ2n) is 6.43. The molecule has 0 aliphatic carbocycles. The molecular weight excluding hydrogens is 328 g/mol. The van der Waals surface area contributed by atoms with Gasteiger partial charge in [-0.2, -0.15) is 0 Å². The number of carboxylic acids is 1. The summed E-state index contributed by atoms with van der Waals surface area (Å²) in [7, 11) is 0. The lowest BCUT2D eigenvalue weighted by atomic mass is 9.98. The van der Waals surface area contributed by atoms with Crippen molar-refractivity contribution in [2.75, 3.05) is 0 Å². The average Bonchev–Trinajstić information content (AvgIpc) is 2.60. The Morgan fingerprint density at radius 3 is 2.04 bits per heavy atom. The van der Waals surface area contributed by atoms with E-state index < -0.39 is 5.97 Å². The number of aliphatic carboxylic acids is 1. The number of rotatable bonds is 17. The van der Waals surface area contributed by atoms with E-state index in [0.29, 0.717) is 6.42 Å². The molecule has 0 saturated carbocycles. The van der Waals surface area contributed by atoms with Gasteiger partial charge in [-0.1, -0.05) is 87.7 Å². The van der Waals surface area contributed by atoms with Crippen molar-refractivity contribution in [3.63, 3.8) is 0 Å². The van der Waals surface area contributed by atoms with E-state index in [4.69, 9.17) is 17.3 Å². The highest BCUT2D eigenvalue weighted by Crippen LogP contribution is 2.15.